The zero-order valence-corrected chi connectivity index (χ0v) is 18.3. The second kappa shape index (κ2) is 10.6. The molecule has 3 aromatic rings. The maximum absolute atomic E-state index is 11.6. The van der Waals surface area contributed by atoms with E-state index in [2.05, 4.69) is 22.4 Å². The van der Waals surface area contributed by atoms with Crippen LogP contribution in [-0.2, 0) is 17.8 Å². The molecule has 1 aliphatic heterocycles. The van der Waals surface area contributed by atoms with Crippen LogP contribution in [0.15, 0.2) is 54.7 Å². The fourth-order valence-electron chi connectivity index (χ4n) is 3.24. The maximum Gasteiger partial charge on any atom is 0.278 e. The molecule has 1 aliphatic rings. The lowest BCUT2D eigenvalue weighted by Crippen LogP contribution is -2.42. The Morgan fingerprint density at radius 3 is 2.90 bits per heavy atom. The molecule has 0 radical (unpaired) electrons. The van der Waals surface area contributed by atoms with E-state index in [1.54, 1.807) is 6.20 Å². The molecule has 4 N–H and O–H groups in total. The van der Waals surface area contributed by atoms with Gasteiger partial charge in [0.1, 0.15) is 23.6 Å². The Bertz CT molecular complexity index is 1020. The van der Waals surface area contributed by atoms with E-state index in [9.17, 15) is 4.79 Å². The van der Waals surface area contributed by atoms with Crippen LogP contribution in [0, 0.1) is 0 Å². The van der Waals surface area contributed by atoms with Crippen molar-refractivity contribution in [1.82, 2.24) is 10.3 Å². The Morgan fingerprint density at radius 1 is 1.32 bits per heavy atom. The van der Waals surface area contributed by atoms with Crippen LogP contribution in [0.5, 0.6) is 16.7 Å². The first kappa shape index (κ1) is 23.0. The maximum atomic E-state index is 11.6. The lowest BCUT2D eigenvalue weighted by molar-refractivity contribution is -0.123. The first-order valence-electron chi connectivity index (χ1n) is 9.73. The standard InChI is InChI=1S/C22H23N3O4S.ClH/c23-18(13-26)21(27)24-11-17-12-25-22(30-17)28-16-7-9-20-15(10-16)6-8-19(29-20)14-4-2-1-3-5-14;/h1-5,7,9-10,12,18-19,26H,6,8,11,13,23H2,(H,24,27);1H/t18?,19-;/m0./s1. The number of amides is 1. The number of nitrogens with two attached hydrogens (primary N) is 1. The Hall–Kier alpha value is -2.65. The minimum absolute atomic E-state index is 0. The SMILES string of the molecule is Cl.NC(CO)C(=O)NCc1cnc(Oc2ccc3c(c2)CC[C@@H](c2ccccc2)O3)s1. The summed E-state index contributed by atoms with van der Waals surface area (Å²) in [6.07, 6.45) is 3.54. The van der Waals surface area contributed by atoms with Gasteiger partial charge in [0, 0.05) is 11.1 Å². The van der Waals surface area contributed by atoms with Crippen LogP contribution in [0.3, 0.4) is 0 Å². The predicted molar refractivity (Wildman–Crippen MR) is 121 cm³/mol. The number of aryl methyl sites for hydroxylation is 1. The molecule has 4 rings (SSSR count). The van der Waals surface area contributed by atoms with E-state index >= 15 is 0 Å². The van der Waals surface area contributed by atoms with Crippen molar-refractivity contribution in [1.29, 1.82) is 0 Å². The van der Waals surface area contributed by atoms with Gasteiger partial charge in [0.15, 0.2) is 0 Å². The first-order valence-corrected chi connectivity index (χ1v) is 10.6. The third kappa shape index (κ3) is 5.74. The monoisotopic (exact) mass is 461 g/mol. The number of fused-ring (bicyclic) bond motifs is 1. The summed E-state index contributed by atoms with van der Waals surface area (Å²) >= 11 is 1.34. The molecule has 7 nitrogen and oxygen atoms in total. The highest BCUT2D eigenvalue weighted by Gasteiger charge is 2.22. The van der Waals surface area contributed by atoms with Crippen molar-refractivity contribution in [3.63, 3.8) is 0 Å². The highest BCUT2D eigenvalue weighted by Crippen LogP contribution is 2.37. The van der Waals surface area contributed by atoms with Crippen molar-refractivity contribution in [2.24, 2.45) is 5.73 Å². The number of ether oxygens (including phenoxy) is 2. The van der Waals surface area contributed by atoms with E-state index in [-0.39, 0.29) is 25.1 Å². The summed E-state index contributed by atoms with van der Waals surface area (Å²) in [5.41, 5.74) is 7.77. The summed E-state index contributed by atoms with van der Waals surface area (Å²) in [5.74, 6) is 1.17. The third-order valence-electron chi connectivity index (χ3n) is 4.86. The summed E-state index contributed by atoms with van der Waals surface area (Å²) in [4.78, 5) is 16.7. The van der Waals surface area contributed by atoms with Crippen LogP contribution in [0.4, 0.5) is 0 Å². The molecule has 2 heterocycles. The molecule has 0 saturated heterocycles. The molecular weight excluding hydrogens is 438 g/mol. The van der Waals surface area contributed by atoms with E-state index in [0.29, 0.717) is 10.9 Å². The number of hydrogen-bond donors (Lipinski definition) is 3. The Morgan fingerprint density at radius 2 is 2.13 bits per heavy atom. The van der Waals surface area contributed by atoms with Gasteiger partial charge in [-0.25, -0.2) is 4.98 Å². The summed E-state index contributed by atoms with van der Waals surface area (Å²) in [7, 11) is 0. The Labute approximate surface area is 190 Å². The van der Waals surface area contributed by atoms with Crippen LogP contribution in [0.1, 0.15) is 28.5 Å². The third-order valence-corrected chi connectivity index (χ3v) is 5.73. The smallest absolute Gasteiger partial charge is 0.278 e. The van der Waals surface area contributed by atoms with Crippen molar-refractivity contribution >= 4 is 29.7 Å². The molecule has 1 amide bonds. The van der Waals surface area contributed by atoms with Gasteiger partial charge in [-0.2, -0.15) is 0 Å². The van der Waals surface area contributed by atoms with Gasteiger partial charge in [0.2, 0.25) is 5.91 Å². The first-order chi connectivity index (χ1) is 14.6. The van der Waals surface area contributed by atoms with Gasteiger partial charge in [-0.1, -0.05) is 41.7 Å². The van der Waals surface area contributed by atoms with Crippen molar-refractivity contribution in [2.45, 2.75) is 31.5 Å². The lowest BCUT2D eigenvalue weighted by atomic mass is 9.97. The number of halogens is 1. The number of nitrogens with one attached hydrogen (secondary N) is 1. The molecule has 0 bridgehead atoms. The minimum atomic E-state index is -0.923. The average molecular weight is 462 g/mol. The molecule has 0 spiro atoms. The van der Waals surface area contributed by atoms with Crippen LogP contribution in [-0.4, -0.2) is 28.6 Å². The van der Waals surface area contributed by atoms with Gasteiger partial charge >= 0.3 is 0 Å². The highest BCUT2D eigenvalue weighted by molar-refractivity contribution is 7.13. The number of carbonyl (C=O) groups is 1. The summed E-state index contributed by atoms with van der Waals surface area (Å²) in [6, 6.07) is 15.1. The minimum Gasteiger partial charge on any atom is -0.485 e. The number of rotatable bonds is 7. The molecule has 2 aromatic carbocycles. The van der Waals surface area contributed by atoms with Gasteiger partial charge < -0.3 is 25.6 Å². The molecule has 0 aliphatic carbocycles. The molecule has 0 saturated carbocycles. The largest absolute Gasteiger partial charge is 0.485 e. The fraction of sp³-hybridized carbons (Fsp3) is 0.273. The zero-order valence-electron chi connectivity index (χ0n) is 16.7. The van der Waals surface area contributed by atoms with E-state index < -0.39 is 18.6 Å². The number of benzene rings is 2. The summed E-state index contributed by atoms with van der Waals surface area (Å²) in [6.45, 7) is -0.108. The van der Waals surface area contributed by atoms with E-state index in [1.165, 1.54) is 16.9 Å². The van der Waals surface area contributed by atoms with E-state index in [4.69, 9.17) is 20.3 Å². The number of carbonyl (C=O) groups excluding carboxylic acids is 1. The van der Waals surface area contributed by atoms with Crippen LogP contribution < -0.4 is 20.5 Å². The van der Waals surface area contributed by atoms with E-state index in [0.717, 1.165) is 29.0 Å². The number of hydrogen-bond acceptors (Lipinski definition) is 7. The number of aliphatic hydroxyl groups is 1. The summed E-state index contributed by atoms with van der Waals surface area (Å²) in [5, 5.41) is 12.1. The second-order valence-electron chi connectivity index (χ2n) is 7.03. The highest BCUT2D eigenvalue weighted by atomic mass is 35.5. The Balaban J connectivity index is 0.00000272. The molecule has 2 atom stereocenters. The number of aromatic nitrogens is 1. The fourth-order valence-corrected chi connectivity index (χ4v) is 3.96. The number of thiazole rings is 1. The van der Waals surface area contributed by atoms with Crippen LogP contribution >= 0.6 is 23.7 Å². The van der Waals surface area contributed by atoms with Gasteiger partial charge in [-0.15, -0.1) is 12.4 Å². The molecule has 1 unspecified atom stereocenters. The predicted octanol–water partition coefficient (Wildman–Crippen LogP) is 3.36. The quantitative estimate of drug-likeness (QED) is 0.498. The average Bonchev–Trinajstić information content (AvgIpc) is 3.24. The molecule has 31 heavy (non-hydrogen) atoms. The summed E-state index contributed by atoms with van der Waals surface area (Å²) < 4.78 is 12.1. The lowest BCUT2D eigenvalue weighted by Gasteiger charge is -2.26. The van der Waals surface area contributed by atoms with Gasteiger partial charge in [-0.05, 0) is 42.2 Å². The van der Waals surface area contributed by atoms with Crippen molar-refractivity contribution < 1.29 is 19.4 Å². The molecule has 1 aromatic heterocycles. The molecular formula is C22H24ClN3O4S. The zero-order chi connectivity index (χ0) is 20.9. The molecule has 0 fully saturated rings. The van der Waals surface area contributed by atoms with E-state index in [1.807, 2.05) is 36.4 Å². The molecule has 164 valence electrons. The normalized spacial score (nSPS) is 15.7. The van der Waals surface area contributed by atoms with Crippen molar-refractivity contribution in [3.8, 4) is 16.7 Å². The van der Waals surface area contributed by atoms with Gasteiger partial charge in [0.05, 0.1) is 13.2 Å². The number of aliphatic hydroxyl groups excluding tert-OH is 1. The van der Waals surface area contributed by atoms with Crippen molar-refractivity contribution in [3.05, 3.63) is 70.7 Å². The van der Waals surface area contributed by atoms with Crippen LogP contribution in [0.25, 0.3) is 0 Å². The van der Waals surface area contributed by atoms with Crippen LogP contribution in [0.2, 0.25) is 0 Å². The van der Waals surface area contributed by atoms with Gasteiger partial charge in [0.25, 0.3) is 5.19 Å². The number of nitrogens with zero attached hydrogens (tertiary/aromatic N) is 1. The topological polar surface area (TPSA) is 107 Å². The van der Waals surface area contributed by atoms with Gasteiger partial charge in [-0.3, -0.25) is 4.79 Å². The second-order valence-corrected chi connectivity index (χ2v) is 8.10. The molecule has 9 heteroatoms. The Kier molecular flexibility index (Phi) is 7.86. The van der Waals surface area contributed by atoms with Crippen molar-refractivity contribution in [2.75, 3.05) is 6.61 Å².